The molecule has 0 radical (unpaired) electrons. The van der Waals surface area contributed by atoms with E-state index in [1.165, 1.54) is 5.56 Å². The SMILES string of the molecule is NC(=O)c1cn(CC(CCCCc2ccccc2)OCc2ccccc2)cn1. The van der Waals surface area contributed by atoms with Crippen LogP contribution in [0.3, 0.4) is 0 Å². The Hall–Kier alpha value is -2.92. The molecule has 5 heteroatoms. The Labute approximate surface area is 166 Å². The van der Waals surface area contributed by atoms with Crippen LogP contribution >= 0.6 is 0 Å². The number of benzene rings is 2. The van der Waals surface area contributed by atoms with Crippen LogP contribution in [0.5, 0.6) is 0 Å². The first kappa shape index (κ1) is 19.8. The van der Waals surface area contributed by atoms with E-state index < -0.39 is 5.91 Å². The number of rotatable bonds is 11. The maximum absolute atomic E-state index is 11.3. The Morgan fingerprint density at radius 1 is 1.00 bits per heavy atom. The zero-order valence-electron chi connectivity index (χ0n) is 16.0. The minimum atomic E-state index is -0.511. The molecule has 0 fully saturated rings. The molecule has 0 bridgehead atoms. The highest BCUT2D eigenvalue weighted by atomic mass is 16.5. The number of nitrogens with zero attached hydrogens (tertiary/aromatic N) is 2. The van der Waals surface area contributed by atoms with E-state index >= 15 is 0 Å². The molecule has 2 aromatic carbocycles. The molecule has 146 valence electrons. The lowest BCUT2D eigenvalue weighted by atomic mass is 10.1. The van der Waals surface area contributed by atoms with Crippen molar-refractivity contribution in [1.82, 2.24) is 9.55 Å². The molecular formula is C23H27N3O2. The molecule has 0 saturated carbocycles. The van der Waals surface area contributed by atoms with E-state index in [2.05, 4.69) is 41.4 Å². The molecule has 1 aromatic heterocycles. The van der Waals surface area contributed by atoms with Gasteiger partial charge in [-0.25, -0.2) is 4.98 Å². The Balaban J connectivity index is 1.54. The first-order valence-electron chi connectivity index (χ1n) is 9.72. The largest absolute Gasteiger partial charge is 0.372 e. The molecule has 0 aliphatic carbocycles. The number of aromatic nitrogens is 2. The number of amides is 1. The van der Waals surface area contributed by atoms with Gasteiger partial charge in [0.1, 0.15) is 5.69 Å². The van der Waals surface area contributed by atoms with Crippen molar-refractivity contribution in [3.63, 3.8) is 0 Å². The summed E-state index contributed by atoms with van der Waals surface area (Å²) in [6, 6.07) is 20.7. The summed E-state index contributed by atoms with van der Waals surface area (Å²) in [5, 5.41) is 0. The van der Waals surface area contributed by atoms with E-state index in [9.17, 15) is 4.79 Å². The number of primary amides is 1. The predicted molar refractivity (Wildman–Crippen MR) is 110 cm³/mol. The molecule has 2 N–H and O–H groups in total. The quantitative estimate of drug-likeness (QED) is 0.514. The number of imidazole rings is 1. The van der Waals surface area contributed by atoms with E-state index in [0.717, 1.165) is 31.2 Å². The van der Waals surface area contributed by atoms with E-state index in [1.54, 1.807) is 12.5 Å². The van der Waals surface area contributed by atoms with Crippen molar-refractivity contribution in [2.75, 3.05) is 0 Å². The minimum Gasteiger partial charge on any atom is -0.372 e. The lowest BCUT2D eigenvalue weighted by molar-refractivity contribution is 0.0222. The molecule has 0 saturated heterocycles. The number of hydrogen-bond donors (Lipinski definition) is 1. The first-order chi connectivity index (χ1) is 13.7. The number of carbonyl (C=O) groups excluding carboxylic acids is 1. The molecule has 0 spiro atoms. The maximum atomic E-state index is 11.3. The molecule has 5 nitrogen and oxygen atoms in total. The highest BCUT2D eigenvalue weighted by Gasteiger charge is 2.13. The number of ether oxygens (including phenoxy) is 1. The summed E-state index contributed by atoms with van der Waals surface area (Å²) >= 11 is 0. The third-order valence-corrected chi connectivity index (χ3v) is 4.71. The first-order valence-corrected chi connectivity index (χ1v) is 9.72. The molecule has 1 amide bonds. The molecular weight excluding hydrogens is 350 g/mol. The van der Waals surface area contributed by atoms with Crippen LogP contribution in [0.2, 0.25) is 0 Å². The van der Waals surface area contributed by atoms with Gasteiger partial charge < -0.3 is 15.0 Å². The molecule has 28 heavy (non-hydrogen) atoms. The zero-order chi connectivity index (χ0) is 19.6. The second-order valence-electron chi connectivity index (χ2n) is 6.97. The Bertz CT molecular complexity index is 847. The number of hydrogen-bond acceptors (Lipinski definition) is 3. The summed E-state index contributed by atoms with van der Waals surface area (Å²) in [6.07, 6.45) is 7.59. The number of carbonyl (C=O) groups is 1. The fourth-order valence-electron chi connectivity index (χ4n) is 3.18. The van der Waals surface area contributed by atoms with Crippen LogP contribution in [0.1, 0.15) is 40.9 Å². The van der Waals surface area contributed by atoms with Crippen molar-refractivity contribution in [2.45, 2.75) is 44.9 Å². The van der Waals surface area contributed by atoms with Crippen LogP contribution in [0, 0.1) is 0 Å². The van der Waals surface area contributed by atoms with Gasteiger partial charge in [-0.3, -0.25) is 4.79 Å². The van der Waals surface area contributed by atoms with Crippen LogP contribution in [0.4, 0.5) is 0 Å². The zero-order valence-corrected chi connectivity index (χ0v) is 16.0. The molecule has 3 rings (SSSR count). The van der Waals surface area contributed by atoms with Crippen molar-refractivity contribution in [3.8, 4) is 0 Å². The van der Waals surface area contributed by atoms with E-state index in [0.29, 0.717) is 13.2 Å². The molecule has 0 aliphatic heterocycles. The highest BCUT2D eigenvalue weighted by molar-refractivity contribution is 5.90. The molecule has 0 aliphatic rings. The van der Waals surface area contributed by atoms with Gasteiger partial charge in [-0.05, 0) is 30.4 Å². The smallest absolute Gasteiger partial charge is 0.268 e. The third kappa shape index (κ3) is 6.35. The van der Waals surface area contributed by atoms with Gasteiger partial charge in [-0.1, -0.05) is 67.1 Å². The number of unbranched alkanes of at least 4 members (excludes halogenated alkanes) is 1. The highest BCUT2D eigenvalue weighted by Crippen LogP contribution is 2.14. The van der Waals surface area contributed by atoms with Crippen molar-refractivity contribution < 1.29 is 9.53 Å². The van der Waals surface area contributed by atoms with Crippen LogP contribution in [0.25, 0.3) is 0 Å². The van der Waals surface area contributed by atoms with Gasteiger partial charge >= 0.3 is 0 Å². The van der Waals surface area contributed by atoms with Crippen molar-refractivity contribution in [2.24, 2.45) is 5.73 Å². The van der Waals surface area contributed by atoms with Gasteiger partial charge in [0.15, 0.2) is 0 Å². The normalized spacial score (nSPS) is 12.0. The van der Waals surface area contributed by atoms with Crippen LogP contribution in [-0.2, 0) is 24.3 Å². The predicted octanol–water partition coefficient (Wildman–Crippen LogP) is 3.98. The summed E-state index contributed by atoms with van der Waals surface area (Å²) in [4.78, 5) is 15.3. The van der Waals surface area contributed by atoms with Crippen LogP contribution in [-0.4, -0.2) is 21.6 Å². The van der Waals surface area contributed by atoms with Gasteiger partial charge in [0.05, 0.1) is 19.0 Å². The Morgan fingerprint density at radius 2 is 1.68 bits per heavy atom. The van der Waals surface area contributed by atoms with Gasteiger partial charge in [0.2, 0.25) is 0 Å². The fourth-order valence-corrected chi connectivity index (χ4v) is 3.18. The van der Waals surface area contributed by atoms with Gasteiger partial charge in [0.25, 0.3) is 5.91 Å². The van der Waals surface area contributed by atoms with Gasteiger partial charge in [-0.2, -0.15) is 0 Å². The monoisotopic (exact) mass is 377 g/mol. The van der Waals surface area contributed by atoms with Crippen LogP contribution in [0.15, 0.2) is 73.2 Å². The van der Waals surface area contributed by atoms with Gasteiger partial charge in [0, 0.05) is 12.7 Å². The molecule has 1 unspecified atom stereocenters. The average molecular weight is 377 g/mol. The molecule has 1 heterocycles. The lowest BCUT2D eigenvalue weighted by Crippen LogP contribution is -2.20. The fraction of sp³-hybridized carbons (Fsp3) is 0.304. The second-order valence-corrected chi connectivity index (χ2v) is 6.97. The summed E-state index contributed by atoms with van der Waals surface area (Å²) in [5.74, 6) is -0.511. The lowest BCUT2D eigenvalue weighted by Gasteiger charge is -2.19. The molecule has 1 atom stereocenters. The van der Waals surface area contributed by atoms with Crippen molar-refractivity contribution >= 4 is 5.91 Å². The Morgan fingerprint density at radius 3 is 2.32 bits per heavy atom. The second kappa shape index (κ2) is 10.4. The maximum Gasteiger partial charge on any atom is 0.268 e. The van der Waals surface area contributed by atoms with E-state index in [4.69, 9.17) is 10.5 Å². The van der Waals surface area contributed by atoms with E-state index in [1.807, 2.05) is 28.8 Å². The standard InChI is InChI=1S/C23H27N3O2/c24-23(27)22-16-26(18-25-22)15-21(28-17-20-12-5-2-6-13-20)14-8-7-11-19-9-3-1-4-10-19/h1-6,9-10,12-13,16,18,21H,7-8,11,14-15,17H2,(H2,24,27). The summed E-state index contributed by atoms with van der Waals surface area (Å²) in [5.41, 5.74) is 8.10. The summed E-state index contributed by atoms with van der Waals surface area (Å²) in [7, 11) is 0. The van der Waals surface area contributed by atoms with Crippen molar-refractivity contribution in [3.05, 3.63) is 90.0 Å². The van der Waals surface area contributed by atoms with Crippen LogP contribution < -0.4 is 5.73 Å². The summed E-state index contributed by atoms with van der Waals surface area (Å²) in [6.45, 7) is 1.22. The summed E-state index contributed by atoms with van der Waals surface area (Å²) < 4.78 is 8.07. The topological polar surface area (TPSA) is 70.1 Å². The minimum absolute atomic E-state index is 0.0471. The average Bonchev–Trinajstić information content (AvgIpc) is 3.20. The third-order valence-electron chi connectivity index (χ3n) is 4.71. The molecule has 3 aromatic rings. The van der Waals surface area contributed by atoms with E-state index in [-0.39, 0.29) is 11.8 Å². The Kier molecular flexibility index (Phi) is 7.38. The van der Waals surface area contributed by atoms with Crippen molar-refractivity contribution in [1.29, 1.82) is 0 Å². The van der Waals surface area contributed by atoms with Gasteiger partial charge in [-0.15, -0.1) is 0 Å². The number of nitrogens with two attached hydrogens (primary N) is 1. The number of aryl methyl sites for hydroxylation is 1.